The summed E-state index contributed by atoms with van der Waals surface area (Å²) in [5.41, 5.74) is 0.0134. The van der Waals surface area contributed by atoms with Gasteiger partial charge in [-0.1, -0.05) is 117 Å². The number of sulfonamides is 1. The van der Waals surface area contributed by atoms with Gasteiger partial charge in [0.05, 0.1) is 75.0 Å². The van der Waals surface area contributed by atoms with Crippen molar-refractivity contribution >= 4 is 177 Å². The van der Waals surface area contributed by atoms with E-state index in [4.69, 9.17) is 97.8 Å². The molecular formula is C98H114Cl8F9N25O6S. The van der Waals surface area contributed by atoms with E-state index in [0.29, 0.717) is 165 Å². The zero-order chi connectivity index (χ0) is 105. The van der Waals surface area contributed by atoms with Crippen molar-refractivity contribution in [3.05, 3.63) is 183 Å². The first kappa shape index (κ1) is 109. The number of ketones is 1. The Hall–Kier alpha value is -8.73. The number of aliphatic hydroxyl groups is 3. The molecule has 8 aromatic heterocycles. The van der Waals surface area contributed by atoms with Crippen LogP contribution in [0.25, 0.3) is 44.7 Å². The lowest BCUT2D eigenvalue weighted by Crippen LogP contribution is -2.54. The molecule has 8 saturated heterocycles. The highest BCUT2D eigenvalue weighted by Gasteiger charge is 2.47. The van der Waals surface area contributed by atoms with Gasteiger partial charge in [-0.15, -0.1) is 0 Å². The maximum Gasteiger partial charge on any atom is 0.437 e. The number of anilines is 4. The highest BCUT2D eigenvalue weighted by atomic mass is 35.5. The first-order valence-corrected chi connectivity index (χ1v) is 54.1. The molecule has 8 aliphatic heterocycles. The third kappa shape index (κ3) is 25.0. The van der Waals surface area contributed by atoms with E-state index in [1.54, 1.807) is 92.3 Å². The van der Waals surface area contributed by atoms with Gasteiger partial charge < -0.3 is 54.5 Å². The summed E-state index contributed by atoms with van der Waals surface area (Å²) < 4.78 is 155. The van der Waals surface area contributed by atoms with Crippen LogP contribution in [0.3, 0.4) is 0 Å². The predicted octanol–water partition coefficient (Wildman–Crippen LogP) is 18.3. The van der Waals surface area contributed by atoms with Gasteiger partial charge in [-0.25, -0.2) is 71.7 Å². The Bertz CT molecular complexity index is 6630. The molecular weight excluding hydrogens is 2110 g/mol. The van der Waals surface area contributed by atoms with Gasteiger partial charge in [0.25, 0.3) is 0 Å². The van der Waals surface area contributed by atoms with Crippen LogP contribution in [0, 0.1) is 47.3 Å². The van der Waals surface area contributed by atoms with Crippen molar-refractivity contribution in [1.82, 2.24) is 103 Å². The van der Waals surface area contributed by atoms with Crippen LogP contribution in [-0.4, -0.2) is 292 Å². The van der Waals surface area contributed by atoms with Crippen molar-refractivity contribution in [1.29, 1.82) is 0 Å². The average Bonchev–Trinajstić information content (AvgIpc) is 1.70. The summed E-state index contributed by atoms with van der Waals surface area (Å²) in [5, 5.41) is 47.4. The number of nitrogens with zero attached hydrogens (tertiary/aromatic N) is 24. The molecule has 8 aliphatic rings. The number of benzene rings is 4. The van der Waals surface area contributed by atoms with Gasteiger partial charge in [0, 0.05) is 158 Å². The highest BCUT2D eigenvalue weighted by molar-refractivity contribution is 7.88. The second kappa shape index (κ2) is 46.1. The number of fused-ring (bicyclic) bond motifs is 4. The highest BCUT2D eigenvalue weighted by Crippen LogP contribution is 2.46. The molecule has 147 heavy (non-hydrogen) atoms. The van der Waals surface area contributed by atoms with Gasteiger partial charge >= 0.3 is 18.5 Å². The number of Topliss-reactive ketones (excluding diaryl/α,β-unsaturated/α-hetero) is 1. The number of carbonyl (C=O) groups is 1. The van der Waals surface area contributed by atoms with Crippen molar-refractivity contribution in [2.45, 2.75) is 129 Å². The first-order valence-electron chi connectivity index (χ1n) is 49.2. The molecule has 792 valence electrons. The van der Waals surface area contributed by atoms with Crippen LogP contribution in [0.2, 0.25) is 40.2 Å². The molecule has 20 rings (SSSR count). The number of halogens is 17. The van der Waals surface area contributed by atoms with Crippen LogP contribution in [0.1, 0.15) is 160 Å². The molecule has 8 fully saturated rings. The van der Waals surface area contributed by atoms with Crippen molar-refractivity contribution in [2.24, 2.45) is 47.3 Å². The van der Waals surface area contributed by atoms with Crippen LogP contribution in [0.4, 0.5) is 62.8 Å². The topological polar surface area (TPSA) is 324 Å². The van der Waals surface area contributed by atoms with Crippen molar-refractivity contribution in [2.75, 3.05) is 183 Å². The van der Waals surface area contributed by atoms with Crippen LogP contribution in [0.5, 0.6) is 0 Å². The van der Waals surface area contributed by atoms with E-state index < -0.39 is 63.8 Å². The Morgan fingerprint density at radius 2 is 0.619 bits per heavy atom. The van der Waals surface area contributed by atoms with Gasteiger partial charge in [-0.3, -0.25) is 4.79 Å². The zero-order valence-electron chi connectivity index (χ0n) is 81.4. The van der Waals surface area contributed by atoms with Gasteiger partial charge in [0.2, 0.25) is 10.0 Å². The molecule has 4 N–H and O–H groups in total. The molecule has 49 heteroatoms. The third-order valence-corrected chi connectivity index (χ3v) is 32.6. The number of piperidine rings is 4. The van der Waals surface area contributed by atoms with Crippen molar-refractivity contribution < 1.29 is 68.0 Å². The number of alkyl halides is 9. The minimum Gasteiger partial charge on any atom is -0.395 e. The van der Waals surface area contributed by atoms with Gasteiger partial charge in [-0.2, -0.15) is 59.9 Å². The number of carbonyl (C=O) groups excluding carboxylic acids is 1. The Morgan fingerprint density at radius 1 is 0.374 bits per heavy atom. The largest absolute Gasteiger partial charge is 0.437 e. The summed E-state index contributed by atoms with van der Waals surface area (Å²) in [7, 11) is -3.21. The molecule has 4 aromatic carbocycles. The maximum atomic E-state index is 13.9. The Morgan fingerprint density at radius 3 is 0.857 bits per heavy atom. The number of aliphatic hydroxyl groups excluding tert-OH is 3. The van der Waals surface area contributed by atoms with E-state index in [2.05, 4.69) is 84.5 Å². The van der Waals surface area contributed by atoms with Crippen molar-refractivity contribution in [3.8, 4) is 0 Å². The fourth-order valence-electron chi connectivity index (χ4n) is 21.5. The van der Waals surface area contributed by atoms with E-state index >= 15 is 0 Å². The summed E-state index contributed by atoms with van der Waals surface area (Å²) in [5.74, 6) is 6.35. The van der Waals surface area contributed by atoms with Gasteiger partial charge in [-0.05, 0) is 223 Å². The lowest BCUT2D eigenvalue weighted by atomic mass is 9.80. The second-order valence-corrected chi connectivity index (χ2v) is 44.7. The average molecular weight is 2220 g/mol. The monoisotopic (exact) mass is 2220 g/mol. The molecule has 0 spiro atoms. The molecule has 31 nitrogen and oxygen atoms in total. The lowest BCUT2D eigenvalue weighted by molar-refractivity contribution is -0.141. The quantitative estimate of drug-likeness (QED) is 0.0274. The van der Waals surface area contributed by atoms with E-state index in [-0.39, 0.29) is 65.1 Å². The molecule has 0 bridgehead atoms. The SMILES string of the molecule is CC(=O)c1nn([C@H](C)c2ccc(Cl)cc2Cl)c2nc(N3CC([C@H]4CCCN(CCO)C4)C3)cnc12.C[C@H](c1ccc(Cl)cc1Cl)n1nc(C(F)(F)F)c2ncc(N3CC([C@@H]4CCCN(CCNS(C)(=O)=O)C4)C3)nc21.C[C@H](c1ccc(Cl)cc1Cl)n1nc(C(F)(F)F)c2ncc(N3CC([C@@H]4CCCN(CCO)C4)C3)nc21.C[C@H](c1ccc(Cl)cc1Cl)n1nc(C(F)(F)F)c2ncc(N3CC([C@H]4CCCN(CCO)C4)C3)nc21. The summed E-state index contributed by atoms with van der Waals surface area (Å²) in [6.45, 7) is 26.6. The summed E-state index contributed by atoms with van der Waals surface area (Å²) in [6.07, 6.45) is 2.08. The van der Waals surface area contributed by atoms with Crippen LogP contribution < -0.4 is 24.3 Å². The fourth-order valence-corrected chi connectivity index (χ4v) is 24.2. The number of rotatable bonds is 27. The smallest absolute Gasteiger partial charge is 0.395 e. The zero-order valence-corrected chi connectivity index (χ0v) is 88.3. The molecule has 12 aromatic rings. The van der Waals surface area contributed by atoms with Crippen LogP contribution in [-0.2, 0) is 28.6 Å². The first-order chi connectivity index (χ1) is 70.0. The molecule has 8 atom stereocenters. The minimum atomic E-state index is -4.70. The molecule has 0 aliphatic carbocycles. The lowest BCUT2D eigenvalue weighted by Gasteiger charge is -2.47. The number of β-amino-alcohol motifs (C(OH)–C–C–N with tert-alkyl or cyclic N) is 3. The second-order valence-electron chi connectivity index (χ2n) is 39.5. The molecule has 0 saturated carbocycles. The molecule has 0 radical (unpaired) electrons. The predicted molar refractivity (Wildman–Crippen MR) is 551 cm³/mol. The summed E-state index contributed by atoms with van der Waals surface area (Å²) >= 11 is 49.6. The van der Waals surface area contributed by atoms with Gasteiger partial charge in [0.15, 0.2) is 51.1 Å². The molecule has 0 unspecified atom stereocenters. The van der Waals surface area contributed by atoms with E-state index in [1.165, 1.54) is 58.5 Å². The van der Waals surface area contributed by atoms with E-state index in [0.717, 1.165) is 167 Å². The van der Waals surface area contributed by atoms with E-state index in [9.17, 15) is 68.0 Å². The summed E-state index contributed by atoms with van der Waals surface area (Å²) in [6, 6.07) is 17.8. The summed E-state index contributed by atoms with van der Waals surface area (Å²) in [4.78, 5) is 65.7. The van der Waals surface area contributed by atoms with Crippen LogP contribution in [0.15, 0.2) is 97.6 Å². The Labute approximate surface area is 883 Å². The Balaban J connectivity index is 0.000000134. The number of likely N-dealkylation sites (tertiary alicyclic amines) is 4. The Kier molecular flexibility index (Phi) is 34.3. The molecule has 0 amide bonds. The number of aromatic nitrogens is 16. The minimum absolute atomic E-state index is 0.0361. The van der Waals surface area contributed by atoms with E-state index in [1.807, 2.05) is 27.7 Å². The van der Waals surface area contributed by atoms with Gasteiger partial charge in [0.1, 0.15) is 45.3 Å². The number of hydrogen-bond acceptors (Lipinski definition) is 26. The normalized spacial score (nSPS) is 20.4. The van der Waals surface area contributed by atoms with Crippen LogP contribution >= 0.6 is 92.8 Å². The number of hydrogen-bond donors (Lipinski definition) is 4. The number of nitrogens with one attached hydrogen (secondary N) is 1. The standard InChI is InChI=1S/C25H30Cl2F3N7O2S.C25H30Cl2N6O2.2C24H27Cl2F3N6O/c1-15(19-6-5-18(26)10-20(19)27)37-24-22(23(34-37)25(28,29)30)31-11-21(33-24)36-13-17(14-36)16-4-3-8-35(12-16)9-7-32-40(2,38)39;1-15(20-6-5-19(26)10-21(20)27)33-25-24(23(30-33)16(2)35)28-11-22(29-25)32-13-18(14-32)17-4-3-7-31(12-17)8-9-34;2*1-14(18-5-4-17(25)9-19(18)26)35-23-21(22(32-35)24(27,28)29)30-10-20(31-23)34-12-16(13-34)15-3-2-6-33(11-15)7-8-36/h5-6,10-11,15-17,32H,3-4,7-9,12-14H2,1-2H3;5-6,10-11,15,17-18,34H,3-4,7-9,12-14H2,1-2H3;2*4-5,9-10,14-16,36H,2-3,6-8,11-13H2,1H3/t15-,16-;15-,17+;14-,15+;14-,15-/m1111/s1. The third-order valence-electron chi connectivity index (χ3n) is 29.6. The van der Waals surface area contributed by atoms with Crippen molar-refractivity contribution in [3.63, 3.8) is 0 Å². The maximum absolute atomic E-state index is 13.9. The fraction of sp³-hybridized carbons (Fsp3) is 0.541. The molecule has 16 heterocycles.